The Morgan fingerprint density at radius 1 is 1.20 bits per heavy atom. The van der Waals surface area contributed by atoms with Crippen molar-refractivity contribution >= 4 is 23.4 Å². The van der Waals surface area contributed by atoms with Gasteiger partial charge in [-0.2, -0.15) is 0 Å². The summed E-state index contributed by atoms with van der Waals surface area (Å²) in [5.74, 6) is -1.35. The Morgan fingerprint density at radius 3 is 2.36 bits per heavy atom. The summed E-state index contributed by atoms with van der Waals surface area (Å²) in [5.41, 5.74) is 0.270. The summed E-state index contributed by atoms with van der Waals surface area (Å²) in [6, 6.07) is 5.53. The number of phenolic OH excluding ortho intramolecular Hbond substituents is 1. The zero-order valence-electron chi connectivity index (χ0n) is 13.9. The Labute approximate surface area is 145 Å². The number of hydrogen-bond donors (Lipinski definition) is 2. The highest BCUT2D eigenvalue weighted by Crippen LogP contribution is 2.53. The van der Waals surface area contributed by atoms with Gasteiger partial charge in [0.1, 0.15) is 11.8 Å². The molecule has 25 heavy (non-hydrogen) atoms. The predicted molar refractivity (Wildman–Crippen MR) is 90.4 cm³/mol. The maximum absolute atomic E-state index is 12.9. The minimum atomic E-state index is -0.857. The highest BCUT2D eigenvalue weighted by molar-refractivity contribution is 6.11. The molecule has 6 heteroatoms. The molecule has 6 nitrogen and oxygen atoms in total. The van der Waals surface area contributed by atoms with Crippen molar-refractivity contribution in [3.8, 4) is 5.75 Å². The summed E-state index contributed by atoms with van der Waals surface area (Å²) < 4.78 is 0. The van der Waals surface area contributed by atoms with Crippen LogP contribution in [0.2, 0.25) is 0 Å². The molecule has 3 amide bonds. The van der Waals surface area contributed by atoms with Crippen LogP contribution < -0.4 is 5.32 Å². The third kappa shape index (κ3) is 2.27. The van der Waals surface area contributed by atoms with Gasteiger partial charge in [0.25, 0.3) is 0 Å². The fraction of sp³-hybridized carbons (Fsp3) is 0.421. The van der Waals surface area contributed by atoms with E-state index in [4.69, 9.17) is 0 Å². The number of allylic oxidation sites excluding steroid dienone is 2. The van der Waals surface area contributed by atoms with Crippen LogP contribution in [0.15, 0.2) is 36.4 Å². The fourth-order valence-corrected chi connectivity index (χ4v) is 4.51. The van der Waals surface area contributed by atoms with E-state index in [2.05, 4.69) is 5.32 Å². The first-order valence-corrected chi connectivity index (χ1v) is 8.67. The number of carbonyl (C=O) groups excluding carboxylic acids is 3. The van der Waals surface area contributed by atoms with Gasteiger partial charge in [0.05, 0.1) is 17.5 Å². The van der Waals surface area contributed by atoms with Gasteiger partial charge in [-0.3, -0.25) is 19.3 Å². The molecule has 5 unspecified atom stereocenters. The van der Waals surface area contributed by atoms with Crippen molar-refractivity contribution in [2.75, 3.05) is 5.32 Å². The number of phenols is 1. The number of benzene rings is 1. The second-order valence-corrected chi connectivity index (χ2v) is 6.98. The third-order valence-corrected chi connectivity index (χ3v) is 5.67. The molecule has 5 atom stereocenters. The van der Waals surface area contributed by atoms with Gasteiger partial charge in [-0.1, -0.05) is 31.2 Å². The maximum Gasteiger partial charge on any atom is 0.247 e. The minimum absolute atomic E-state index is 0.0520. The zero-order chi connectivity index (χ0) is 17.7. The summed E-state index contributed by atoms with van der Waals surface area (Å²) in [5, 5.41) is 12.5. The van der Waals surface area contributed by atoms with E-state index < -0.39 is 11.9 Å². The minimum Gasteiger partial charge on any atom is -0.506 e. The molecule has 1 heterocycles. The fourth-order valence-electron chi connectivity index (χ4n) is 4.51. The molecule has 3 aliphatic rings. The lowest BCUT2D eigenvalue weighted by molar-refractivity contribution is -0.147. The number of fused-ring (bicyclic) bond motifs is 5. The van der Waals surface area contributed by atoms with Crippen LogP contribution in [-0.2, 0) is 14.4 Å². The largest absolute Gasteiger partial charge is 0.506 e. The van der Waals surface area contributed by atoms with Gasteiger partial charge in [0.15, 0.2) is 0 Å². The third-order valence-electron chi connectivity index (χ3n) is 5.67. The van der Waals surface area contributed by atoms with E-state index in [1.165, 1.54) is 6.07 Å². The summed E-state index contributed by atoms with van der Waals surface area (Å²) in [7, 11) is 0. The lowest BCUT2D eigenvalue weighted by Crippen LogP contribution is -2.48. The number of nitrogens with zero attached hydrogens (tertiary/aromatic N) is 1. The van der Waals surface area contributed by atoms with Crippen LogP contribution in [0, 0.1) is 23.7 Å². The SMILES string of the molecule is CCC(C(=O)Nc1ccccc1O)N1C(=O)C2C3C=CC(C3)C2C1=O. The van der Waals surface area contributed by atoms with Gasteiger partial charge in [-0.15, -0.1) is 0 Å². The van der Waals surface area contributed by atoms with Crippen molar-refractivity contribution in [1.29, 1.82) is 0 Å². The number of aromatic hydroxyl groups is 1. The number of nitrogens with one attached hydrogen (secondary N) is 1. The van der Waals surface area contributed by atoms with Crippen LogP contribution in [-0.4, -0.2) is 33.8 Å². The molecular formula is C19H20N2O4. The molecule has 2 N–H and O–H groups in total. The Morgan fingerprint density at radius 2 is 1.80 bits per heavy atom. The maximum atomic E-state index is 12.9. The molecular weight excluding hydrogens is 320 g/mol. The van der Waals surface area contributed by atoms with Gasteiger partial charge in [0.2, 0.25) is 17.7 Å². The first kappa shape index (κ1) is 15.9. The van der Waals surface area contributed by atoms with E-state index in [-0.39, 0.29) is 46.9 Å². The highest BCUT2D eigenvalue weighted by Gasteiger charge is 2.60. The molecule has 0 aromatic heterocycles. The normalized spacial score (nSPS) is 30.7. The summed E-state index contributed by atoms with van der Waals surface area (Å²) >= 11 is 0. The molecule has 2 fully saturated rings. The van der Waals surface area contributed by atoms with Crippen molar-refractivity contribution in [2.24, 2.45) is 23.7 Å². The first-order chi connectivity index (χ1) is 12.0. The molecule has 0 radical (unpaired) electrons. The predicted octanol–water partition coefficient (Wildman–Crippen LogP) is 1.92. The van der Waals surface area contributed by atoms with Crippen molar-refractivity contribution < 1.29 is 19.5 Å². The van der Waals surface area contributed by atoms with Crippen LogP contribution in [0.3, 0.4) is 0 Å². The van der Waals surface area contributed by atoms with Gasteiger partial charge in [-0.05, 0) is 36.8 Å². The van der Waals surface area contributed by atoms with Crippen LogP contribution in [0.4, 0.5) is 5.69 Å². The molecule has 0 spiro atoms. The highest BCUT2D eigenvalue weighted by atomic mass is 16.3. The lowest BCUT2D eigenvalue weighted by atomic mass is 9.85. The van der Waals surface area contributed by atoms with E-state index in [0.717, 1.165) is 11.3 Å². The summed E-state index contributed by atoms with van der Waals surface area (Å²) in [6.45, 7) is 1.77. The quantitative estimate of drug-likeness (QED) is 0.498. The Kier molecular flexibility index (Phi) is 3.63. The van der Waals surface area contributed by atoms with E-state index >= 15 is 0 Å². The second-order valence-electron chi connectivity index (χ2n) is 6.98. The topological polar surface area (TPSA) is 86.7 Å². The van der Waals surface area contributed by atoms with Crippen LogP contribution in [0.5, 0.6) is 5.75 Å². The van der Waals surface area contributed by atoms with E-state index in [1.807, 2.05) is 12.2 Å². The number of likely N-dealkylation sites (tertiary alicyclic amines) is 1. The van der Waals surface area contributed by atoms with E-state index in [1.54, 1.807) is 25.1 Å². The molecule has 2 aliphatic carbocycles. The van der Waals surface area contributed by atoms with Gasteiger partial charge >= 0.3 is 0 Å². The van der Waals surface area contributed by atoms with E-state index in [0.29, 0.717) is 6.42 Å². The van der Waals surface area contributed by atoms with Gasteiger partial charge in [0, 0.05) is 0 Å². The number of carbonyl (C=O) groups is 3. The van der Waals surface area contributed by atoms with E-state index in [9.17, 15) is 19.5 Å². The second kappa shape index (κ2) is 5.72. The standard InChI is InChI=1S/C19H20N2O4/c1-2-13(17(23)20-12-5-3-4-6-14(12)22)21-18(24)15-10-7-8-11(9-10)16(15)19(21)25/h3-8,10-11,13,15-16,22H,2,9H2,1H3,(H,20,23). The van der Waals surface area contributed by atoms with Gasteiger partial charge in [-0.25, -0.2) is 0 Å². The molecule has 1 saturated heterocycles. The lowest BCUT2D eigenvalue weighted by Gasteiger charge is -2.26. The molecule has 4 rings (SSSR count). The molecule has 1 aromatic rings. The first-order valence-electron chi connectivity index (χ1n) is 8.67. The molecule has 1 aliphatic heterocycles. The zero-order valence-corrected chi connectivity index (χ0v) is 13.9. The summed E-state index contributed by atoms with van der Waals surface area (Å²) in [6.07, 6.45) is 5.26. The molecule has 1 saturated carbocycles. The molecule has 1 aromatic carbocycles. The van der Waals surface area contributed by atoms with Crippen LogP contribution in [0.25, 0.3) is 0 Å². The number of hydrogen-bond acceptors (Lipinski definition) is 4. The Hall–Kier alpha value is -2.63. The number of amides is 3. The van der Waals surface area contributed by atoms with Crippen molar-refractivity contribution in [3.05, 3.63) is 36.4 Å². The average molecular weight is 340 g/mol. The van der Waals surface area contributed by atoms with Crippen LogP contribution in [0.1, 0.15) is 19.8 Å². The Balaban J connectivity index is 1.57. The number of anilines is 1. The number of rotatable bonds is 4. The van der Waals surface area contributed by atoms with Crippen molar-refractivity contribution in [3.63, 3.8) is 0 Å². The molecule has 2 bridgehead atoms. The van der Waals surface area contributed by atoms with Gasteiger partial charge < -0.3 is 10.4 Å². The Bertz CT molecular complexity index is 757. The average Bonchev–Trinajstić information content (AvgIpc) is 3.27. The number of imide groups is 1. The van der Waals surface area contributed by atoms with Crippen LogP contribution >= 0.6 is 0 Å². The smallest absolute Gasteiger partial charge is 0.247 e. The summed E-state index contributed by atoms with van der Waals surface area (Å²) in [4.78, 5) is 39.6. The number of para-hydroxylation sites is 2. The molecule has 130 valence electrons. The van der Waals surface area contributed by atoms with Crippen molar-refractivity contribution in [2.45, 2.75) is 25.8 Å². The monoisotopic (exact) mass is 340 g/mol. The van der Waals surface area contributed by atoms with Crippen molar-refractivity contribution in [1.82, 2.24) is 4.90 Å².